The summed E-state index contributed by atoms with van der Waals surface area (Å²) in [5, 5.41) is 9.58. The zero-order chi connectivity index (χ0) is 19.4. The molecule has 0 saturated carbocycles. The average molecular weight is 394 g/mol. The average Bonchev–Trinajstić information content (AvgIpc) is 3.23. The fourth-order valence-electron chi connectivity index (χ4n) is 3.63. The second-order valence-corrected chi connectivity index (χ2v) is 8.43. The van der Waals surface area contributed by atoms with Gasteiger partial charge < -0.3 is 14.4 Å². The number of ether oxygens (including phenoxy) is 1. The van der Waals surface area contributed by atoms with E-state index < -0.39 is 16.8 Å². The molecule has 1 N–H and O–H groups in total. The molecule has 3 aromatic rings. The molecule has 2 unspecified atom stereocenters. The van der Waals surface area contributed by atoms with Crippen LogP contribution in [0.3, 0.4) is 0 Å². The standard InChI is InChI=1S/C23H23NO3S/c25-22(26)19-12-15-27-23(16-19,20-6-2-1-3-7-20)28-21-10-8-18(9-11-21)17-24-13-4-5-14-24/h1-11,13-14,19H,12,15-17H2,(H,25,26). The van der Waals surface area contributed by atoms with E-state index in [4.69, 9.17) is 4.74 Å². The van der Waals surface area contributed by atoms with E-state index in [-0.39, 0.29) is 0 Å². The summed E-state index contributed by atoms with van der Waals surface area (Å²) < 4.78 is 8.38. The van der Waals surface area contributed by atoms with Crippen molar-refractivity contribution in [3.05, 3.63) is 90.3 Å². The van der Waals surface area contributed by atoms with Crippen molar-refractivity contribution in [3.8, 4) is 0 Å². The third kappa shape index (κ3) is 4.16. The number of aromatic nitrogens is 1. The smallest absolute Gasteiger partial charge is 0.306 e. The first kappa shape index (κ1) is 18.8. The molecule has 0 aliphatic carbocycles. The highest BCUT2D eigenvalue weighted by Crippen LogP contribution is 2.49. The van der Waals surface area contributed by atoms with Crippen molar-refractivity contribution >= 4 is 17.7 Å². The van der Waals surface area contributed by atoms with Gasteiger partial charge in [-0.25, -0.2) is 0 Å². The Morgan fingerprint density at radius 1 is 1.07 bits per heavy atom. The van der Waals surface area contributed by atoms with Gasteiger partial charge in [0.25, 0.3) is 0 Å². The summed E-state index contributed by atoms with van der Waals surface area (Å²) in [6.45, 7) is 1.28. The van der Waals surface area contributed by atoms with Crippen molar-refractivity contribution in [2.75, 3.05) is 6.61 Å². The molecule has 0 amide bonds. The Morgan fingerprint density at radius 2 is 1.79 bits per heavy atom. The highest BCUT2D eigenvalue weighted by Gasteiger charge is 2.42. The SMILES string of the molecule is O=C(O)C1CCOC(Sc2ccc(Cn3cccc3)cc2)(c2ccccc2)C1. The molecule has 5 heteroatoms. The maximum absolute atomic E-state index is 11.7. The minimum atomic E-state index is -0.744. The van der Waals surface area contributed by atoms with Gasteiger partial charge in [0.05, 0.1) is 5.92 Å². The molecule has 0 radical (unpaired) electrons. The Hall–Kier alpha value is -2.50. The van der Waals surface area contributed by atoms with E-state index in [0.717, 1.165) is 17.0 Å². The van der Waals surface area contributed by atoms with Crippen LogP contribution in [0.2, 0.25) is 0 Å². The highest BCUT2D eigenvalue weighted by atomic mass is 32.2. The lowest BCUT2D eigenvalue weighted by molar-refractivity contribution is -0.148. The Labute approximate surface area is 169 Å². The van der Waals surface area contributed by atoms with Gasteiger partial charge in [0.15, 0.2) is 0 Å². The summed E-state index contributed by atoms with van der Waals surface area (Å²) in [5.74, 6) is -1.14. The summed E-state index contributed by atoms with van der Waals surface area (Å²) in [6, 6.07) is 22.5. The fraction of sp³-hybridized carbons (Fsp3) is 0.261. The lowest BCUT2D eigenvalue weighted by Crippen LogP contribution is -2.37. The normalized spacial score (nSPS) is 22.1. The van der Waals surface area contributed by atoms with Crippen LogP contribution in [0, 0.1) is 5.92 Å². The van der Waals surface area contributed by atoms with Crippen LogP contribution >= 0.6 is 11.8 Å². The van der Waals surface area contributed by atoms with Gasteiger partial charge in [0.1, 0.15) is 4.93 Å². The number of hydrogen-bond acceptors (Lipinski definition) is 3. The number of thioether (sulfide) groups is 1. The van der Waals surface area contributed by atoms with Crippen molar-refractivity contribution in [1.29, 1.82) is 0 Å². The van der Waals surface area contributed by atoms with E-state index in [1.165, 1.54) is 5.56 Å². The summed E-state index contributed by atoms with van der Waals surface area (Å²) in [4.78, 5) is 12.1. The molecule has 1 aliphatic heterocycles. The fourth-order valence-corrected chi connectivity index (χ4v) is 4.96. The maximum atomic E-state index is 11.7. The number of rotatable bonds is 6. The third-order valence-electron chi connectivity index (χ3n) is 5.12. The zero-order valence-corrected chi connectivity index (χ0v) is 16.3. The second kappa shape index (κ2) is 8.25. The molecular formula is C23H23NO3S. The number of hydrogen-bond donors (Lipinski definition) is 1. The number of carboxylic acid groups (broad SMARTS) is 1. The molecule has 2 atom stereocenters. The number of benzene rings is 2. The number of nitrogens with zero attached hydrogens (tertiary/aromatic N) is 1. The minimum absolute atomic E-state index is 0.394. The topological polar surface area (TPSA) is 51.5 Å². The molecule has 1 saturated heterocycles. The second-order valence-electron chi connectivity index (χ2n) is 7.10. The van der Waals surface area contributed by atoms with Gasteiger partial charge in [0.2, 0.25) is 0 Å². The molecule has 2 heterocycles. The molecule has 0 spiro atoms. The van der Waals surface area contributed by atoms with Crippen molar-refractivity contribution < 1.29 is 14.6 Å². The van der Waals surface area contributed by atoms with E-state index in [9.17, 15) is 9.90 Å². The predicted molar refractivity (Wildman–Crippen MR) is 110 cm³/mol. The van der Waals surface area contributed by atoms with E-state index in [1.54, 1.807) is 11.8 Å². The minimum Gasteiger partial charge on any atom is -0.481 e. The Balaban J connectivity index is 1.58. The third-order valence-corrected chi connectivity index (χ3v) is 6.47. The number of aliphatic carboxylic acids is 1. The van der Waals surface area contributed by atoms with Crippen molar-refractivity contribution in [3.63, 3.8) is 0 Å². The number of carboxylic acids is 1. The Kier molecular flexibility index (Phi) is 5.55. The lowest BCUT2D eigenvalue weighted by Gasteiger charge is -2.39. The van der Waals surface area contributed by atoms with E-state index in [1.807, 2.05) is 42.5 Å². The first-order chi connectivity index (χ1) is 13.6. The van der Waals surface area contributed by atoms with Crippen LogP contribution in [0.25, 0.3) is 0 Å². The first-order valence-corrected chi connectivity index (χ1v) is 10.3. The van der Waals surface area contributed by atoms with Crippen molar-refractivity contribution in [1.82, 2.24) is 4.57 Å². The molecule has 28 heavy (non-hydrogen) atoms. The quantitative estimate of drug-likeness (QED) is 0.641. The van der Waals surface area contributed by atoms with Crippen LogP contribution in [0.15, 0.2) is 84.0 Å². The zero-order valence-electron chi connectivity index (χ0n) is 15.5. The monoisotopic (exact) mass is 393 g/mol. The van der Waals surface area contributed by atoms with Crippen LogP contribution < -0.4 is 0 Å². The summed E-state index contributed by atoms with van der Waals surface area (Å²) >= 11 is 1.61. The maximum Gasteiger partial charge on any atom is 0.306 e. The molecule has 4 nitrogen and oxygen atoms in total. The predicted octanol–water partition coefficient (Wildman–Crippen LogP) is 4.99. The molecule has 2 aromatic carbocycles. The molecule has 1 fully saturated rings. The highest BCUT2D eigenvalue weighted by molar-refractivity contribution is 8.00. The van der Waals surface area contributed by atoms with E-state index in [2.05, 4.69) is 41.2 Å². The van der Waals surface area contributed by atoms with Gasteiger partial charge in [0, 0.05) is 36.9 Å². The largest absolute Gasteiger partial charge is 0.481 e. The Morgan fingerprint density at radius 3 is 2.46 bits per heavy atom. The first-order valence-electron chi connectivity index (χ1n) is 9.46. The van der Waals surface area contributed by atoms with Crippen LogP contribution in [0.4, 0.5) is 0 Å². The molecule has 1 aliphatic rings. The van der Waals surface area contributed by atoms with E-state index in [0.29, 0.717) is 19.4 Å². The van der Waals surface area contributed by atoms with Crippen molar-refractivity contribution in [2.24, 2.45) is 5.92 Å². The summed E-state index contributed by atoms with van der Waals surface area (Å²) in [7, 11) is 0. The molecule has 0 bridgehead atoms. The van der Waals surface area contributed by atoms with Gasteiger partial charge >= 0.3 is 5.97 Å². The van der Waals surface area contributed by atoms with E-state index >= 15 is 0 Å². The van der Waals surface area contributed by atoms with Crippen LogP contribution in [0.1, 0.15) is 24.0 Å². The molecule has 1 aromatic heterocycles. The molecule has 144 valence electrons. The van der Waals surface area contributed by atoms with Gasteiger partial charge in [-0.1, -0.05) is 54.2 Å². The molecule has 4 rings (SSSR count). The van der Waals surface area contributed by atoms with Crippen LogP contribution in [0.5, 0.6) is 0 Å². The number of carbonyl (C=O) groups is 1. The van der Waals surface area contributed by atoms with Gasteiger partial charge in [-0.2, -0.15) is 0 Å². The summed E-state index contributed by atoms with van der Waals surface area (Å²) in [5.41, 5.74) is 2.24. The van der Waals surface area contributed by atoms with Gasteiger partial charge in [-0.3, -0.25) is 4.79 Å². The Bertz CT molecular complexity index is 909. The van der Waals surface area contributed by atoms with Gasteiger partial charge in [-0.15, -0.1) is 0 Å². The summed E-state index contributed by atoms with van der Waals surface area (Å²) in [6.07, 6.45) is 5.12. The van der Waals surface area contributed by atoms with Crippen LogP contribution in [-0.2, 0) is 21.0 Å². The lowest BCUT2D eigenvalue weighted by atomic mass is 9.91. The van der Waals surface area contributed by atoms with Gasteiger partial charge in [-0.05, 0) is 41.8 Å². The van der Waals surface area contributed by atoms with Crippen LogP contribution in [-0.4, -0.2) is 22.2 Å². The van der Waals surface area contributed by atoms with Crippen molar-refractivity contribution in [2.45, 2.75) is 29.2 Å². The molecular weight excluding hydrogens is 370 g/mol.